The fourth-order valence-electron chi connectivity index (χ4n) is 2.97. The zero-order chi connectivity index (χ0) is 16.5. The molecular formula is C21H16N2O. The number of aromatic nitrogens is 2. The van der Waals surface area contributed by atoms with Crippen LogP contribution in [-0.4, -0.2) is 15.8 Å². The van der Waals surface area contributed by atoms with E-state index in [1.807, 2.05) is 36.4 Å². The number of nitrogens with one attached hydrogen (secondary N) is 1. The minimum atomic E-state index is -0.0655. The minimum absolute atomic E-state index is 0.0655. The van der Waals surface area contributed by atoms with E-state index in [-0.39, 0.29) is 5.78 Å². The van der Waals surface area contributed by atoms with Gasteiger partial charge in [-0.05, 0) is 11.1 Å². The van der Waals surface area contributed by atoms with Crippen molar-refractivity contribution in [3.05, 3.63) is 78.6 Å². The number of aromatic amines is 1. The van der Waals surface area contributed by atoms with Crippen molar-refractivity contribution >= 4 is 16.8 Å². The highest BCUT2D eigenvalue weighted by atomic mass is 16.1. The molecule has 24 heavy (non-hydrogen) atoms. The Bertz CT molecular complexity index is 941. The van der Waals surface area contributed by atoms with Crippen LogP contribution in [0, 0.1) is 0 Å². The Hall–Kier alpha value is -3.20. The van der Waals surface area contributed by atoms with Crippen molar-refractivity contribution in [3.8, 4) is 22.3 Å². The summed E-state index contributed by atoms with van der Waals surface area (Å²) in [6.07, 6.45) is 0. The number of benzene rings is 3. The molecule has 0 spiro atoms. The summed E-state index contributed by atoms with van der Waals surface area (Å²) >= 11 is 0. The average Bonchev–Trinajstić information content (AvgIpc) is 3.08. The molecule has 3 nitrogen and oxygen atoms in total. The molecular weight excluding hydrogens is 296 g/mol. The molecule has 116 valence electrons. The molecule has 1 aromatic heterocycles. The van der Waals surface area contributed by atoms with Gasteiger partial charge in [0.2, 0.25) is 0 Å². The monoisotopic (exact) mass is 312 g/mol. The molecule has 4 aromatic rings. The number of Topliss-reactive ketones (excluding diaryl/α,β-unsaturated/α-hetero) is 1. The van der Waals surface area contributed by atoms with Crippen LogP contribution in [0.3, 0.4) is 0 Å². The van der Waals surface area contributed by atoms with E-state index in [0.717, 1.165) is 33.3 Å². The lowest BCUT2D eigenvalue weighted by Crippen LogP contribution is -1.93. The molecule has 0 aliphatic rings. The molecule has 0 radical (unpaired) electrons. The van der Waals surface area contributed by atoms with Gasteiger partial charge in [0, 0.05) is 18.1 Å². The molecule has 0 fully saturated rings. The van der Waals surface area contributed by atoms with Crippen LogP contribution >= 0.6 is 0 Å². The van der Waals surface area contributed by atoms with Crippen LogP contribution in [0.2, 0.25) is 0 Å². The second kappa shape index (κ2) is 5.78. The molecule has 0 saturated carbocycles. The standard InChI is InChI=1S/C21H16N2O/c1-14(24)21-22-19-17(15-8-4-2-5-9-15)12-13-18(20(19)23-21)16-10-6-3-7-11-16/h2-13H,1H3,(H,22,23). The third-order valence-corrected chi connectivity index (χ3v) is 4.15. The molecule has 3 heteroatoms. The van der Waals surface area contributed by atoms with Crippen molar-refractivity contribution in [2.45, 2.75) is 6.92 Å². The predicted molar refractivity (Wildman–Crippen MR) is 97.0 cm³/mol. The Balaban J connectivity index is 2.03. The smallest absolute Gasteiger partial charge is 0.195 e. The molecule has 4 rings (SSSR count). The van der Waals surface area contributed by atoms with Crippen molar-refractivity contribution < 1.29 is 4.79 Å². The maximum Gasteiger partial charge on any atom is 0.195 e. The lowest BCUT2D eigenvalue weighted by Gasteiger charge is -2.07. The molecule has 0 unspecified atom stereocenters. The van der Waals surface area contributed by atoms with E-state index in [1.54, 1.807) is 0 Å². The average molecular weight is 312 g/mol. The number of nitrogens with zero attached hydrogens (tertiary/aromatic N) is 1. The van der Waals surface area contributed by atoms with Crippen LogP contribution in [0.5, 0.6) is 0 Å². The lowest BCUT2D eigenvalue weighted by molar-refractivity contribution is 0.100. The summed E-state index contributed by atoms with van der Waals surface area (Å²) in [5, 5.41) is 0. The van der Waals surface area contributed by atoms with Gasteiger partial charge >= 0.3 is 0 Å². The van der Waals surface area contributed by atoms with Gasteiger partial charge < -0.3 is 4.98 Å². The highest BCUT2D eigenvalue weighted by Gasteiger charge is 2.15. The first-order valence-electron chi connectivity index (χ1n) is 7.88. The van der Waals surface area contributed by atoms with E-state index >= 15 is 0 Å². The first kappa shape index (κ1) is 14.4. The summed E-state index contributed by atoms with van der Waals surface area (Å²) in [7, 11) is 0. The first-order valence-corrected chi connectivity index (χ1v) is 7.88. The number of rotatable bonds is 3. The molecule has 0 bridgehead atoms. The number of ketones is 1. The van der Waals surface area contributed by atoms with Gasteiger partial charge in [0.05, 0.1) is 11.0 Å². The molecule has 0 atom stereocenters. The van der Waals surface area contributed by atoms with Gasteiger partial charge in [0.25, 0.3) is 0 Å². The molecule has 0 aliphatic carbocycles. The maximum atomic E-state index is 11.8. The highest BCUT2D eigenvalue weighted by Crippen LogP contribution is 2.34. The number of carbonyl (C=O) groups is 1. The Morgan fingerprint density at radius 1 is 0.792 bits per heavy atom. The summed E-state index contributed by atoms with van der Waals surface area (Å²) in [5.41, 5.74) is 5.98. The zero-order valence-corrected chi connectivity index (χ0v) is 13.3. The van der Waals surface area contributed by atoms with Crippen molar-refractivity contribution in [1.82, 2.24) is 9.97 Å². The Labute approximate surface area is 140 Å². The topological polar surface area (TPSA) is 45.8 Å². The molecule has 1 heterocycles. The van der Waals surface area contributed by atoms with Crippen LogP contribution in [0.15, 0.2) is 72.8 Å². The third-order valence-electron chi connectivity index (χ3n) is 4.15. The quantitative estimate of drug-likeness (QED) is 0.535. The van der Waals surface area contributed by atoms with Crippen molar-refractivity contribution in [3.63, 3.8) is 0 Å². The molecule has 0 saturated heterocycles. The van der Waals surface area contributed by atoms with Gasteiger partial charge in [0.1, 0.15) is 0 Å². The predicted octanol–water partition coefficient (Wildman–Crippen LogP) is 5.10. The number of H-pyrrole nitrogens is 1. The Morgan fingerprint density at radius 2 is 1.33 bits per heavy atom. The summed E-state index contributed by atoms with van der Waals surface area (Å²) in [6, 6.07) is 24.4. The van der Waals surface area contributed by atoms with Crippen LogP contribution < -0.4 is 0 Å². The number of hydrogen-bond acceptors (Lipinski definition) is 2. The summed E-state index contributed by atoms with van der Waals surface area (Å²) < 4.78 is 0. The van der Waals surface area contributed by atoms with E-state index in [9.17, 15) is 4.79 Å². The van der Waals surface area contributed by atoms with Crippen LogP contribution in [0.25, 0.3) is 33.3 Å². The maximum absolute atomic E-state index is 11.8. The van der Waals surface area contributed by atoms with Crippen molar-refractivity contribution in [2.24, 2.45) is 0 Å². The number of imidazole rings is 1. The minimum Gasteiger partial charge on any atom is -0.335 e. The lowest BCUT2D eigenvalue weighted by atomic mass is 9.98. The van der Waals surface area contributed by atoms with Gasteiger partial charge in [-0.25, -0.2) is 4.98 Å². The first-order chi connectivity index (χ1) is 11.7. The number of carbonyl (C=O) groups excluding carboxylic acids is 1. The van der Waals surface area contributed by atoms with Crippen molar-refractivity contribution in [2.75, 3.05) is 0 Å². The van der Waals surface area contributed by atoms with E-state index in [0.29, 0.717) is 5.82 Å². The Morgan fingerprint density at radius 3 is 1.92 bits per heavy atom. The number of fused-ring (bicyclic) bond motifs is 1. The third kappa shape index (κ3) is 2.40. The van der Waals surface area contributed by atoms with Gasteiger partial charge in [-0.15, -0.1) is 0 Å². The van der Waals surface area contributed by atoms with E-state index in [4.69, 9.17) is 0 Å². The molecule has 0 aliphatic heterocycles. The van der Waals surface area contributed by atoms with Gasteiger partial charge in [-0.3, -0.25) is 4.79 Å². The summed E-state index contributed by atoms with van der Waals surface area (Å²) in [4.78, 5) is 19.6. The van der Waals surface area contributed by atoms with Gasteiger partial charge in [-0.1, -0.05) is 72.8 Å². The normalized spacial score (nSPS) is 10.9. The second-order valence-corrected chi connectivity index (χ2v) is 5.76. The second-order valence-electron chi connectivity index (χ2n) is 5.76. The van der Waals surface area contributed by atoms with Crippen LogP contribution in [-0.2, 0) is 0 Å². The van der Waals surface area contributed by atoms with Crippen LogP contribution in [0.4, 0.5) is 0 Å². The largest absolute Gasteiger partial charge is 0.335 e. The van der Waals surface area contributed by atoms with Gasteiger partial charge in [0.15, 0.2) is 11.6 Å². The SMILES string of the molecule is CC(=O)c1nc2c(-c3ccccc3)ccc(-c3ccccc3)c2[nH]1. The fourth-order valence-corrected chi connectivity index (χ4v) is 2.97. The summed E-state index contributed by atoms with van der Waals surface area (Å²) in [5.74, 6) is 0.329. The fraction of sp³-hybridized carbons (Fsp3) is 0.0476. The number of hydrogen-bond donors (Lipinski definition) is 1. The molecule has 0 amide bonds. The highest BCUT2D eigenvalue weighted by molar-refractivity contribution is 6.04. The van der Waals surface area contributed by atoms with Crippen molar-refractivity contribution in [1.29, 1.82) is 0 Å². The summed E-state index contributed by atoms with van der Waals surface area (Å²) in [6.45, 7) is 1.53. The Kier molecular flexibility index (Phi) is 3.47. The molecule has 3 aromatic carbocycles. The van der Waals surface area contributed by atoms with E-state index < -0.39 is 0 Å². The van der Waals surface area contributed by atoms with Gasteiger partial charge in [-0.2, -0.15) is 0 Å². The van der Waals surface area contributed by atoms with E-state index in [2.05, 4.69) is 46.4 Å². The van der Waals surface area contributed by atoms with Crippen LogP contribution in [0.1, 0.15) is 17.5 Å². The van der Waals surface area contributed by atoms with E-state index in [1.165, 1.54) is 6.92 Å². The molecule has 1 N–H and O–H groups in total. The zero-order valence-electron chi connectivity index (χ0n) is 13.3.